The first-order valence-corrected chi connectivity index (χ1v) is 44.7. The highest BCUT2D eigenvalue weighted by molar-refractivity contribution is 7.16. The molecule has 1 unspecified atom stereocenters. The van der Waals surface area contributed by atoms with Gasteiger partial charge >= 0.3 is 23.7 Å². The van der Waals surface area contributed by atoms with Crippen molar-refractivity contribution in [1.82, 2.24) is 19.9 Å². The minimum Gasteiger partial charge on any atom is -0.497 e. The minimum atomic E-state index is -5.78. The third-order valence-corrected chi connectivity index (χ3v) is 27.8. The van der Waals surface area contributed by atoms with Crippen molar-refractivity contribution >= 4 is 110 Å². The zero-order chi connectivity index (χ0) is 92.3. The molecule has 14 aromatic rings. The van der Waals surface area contributed by atoms with Gasteiger partial charge < -0.3 is 29.7 Å². The van der Waals surface area contributed by atoms with Crippen LogP contribution in [-0.2, 0) is 10.2 Å². The van der Waals surface area contributed by atoms with Crippen molar-refractivity contribution in [1.29, 1.82) is 10.5 Å². The van der Waals surface area contributed by atoms with Gasteiger partial charge in [0.1, 0.15) is 23.1 Å². The molecule has 3 N–H and O–H groups in total. The van der Waals surface area contributed by atoms with Crippen LogP contribution in [0, 0.1) is 89.9 Å². The number of aromatic amines is 2. The molecule has 2 aliphatic carbocycles. The molecule has 1 spiro atoms. The van der Waals surface area contributed by atoms with E-state index in [1.807, 2.05) is 141 Å². The Kier molecular flexibility index (Phi) is 20.4. The first-order chi connectivity index (χ1) is 63.2. The number of hydrogen-bond donors (Lipinski definition) is 3. The number of nitrogens with one attached hydrogen (secondary N) is 3. The van der Waals surface area contributed by atoms with Crippen LogP contribution < -0.4 is 15.0 Å². The Morgan fingerprint density at radius 3 is 1.43 bits per heavy atom. The summed E-state index contributed by atoms with van der Waals surface area (Å²) in [6, 6.07) is 71.6. The van der Waals surface area contributed by atoms with E-state index in [1.54, 1.807) is 78.9 Å². The minimum absolute atomic E-state index is 0.124. The molecule has 1 amide bonds. The van der Waals surface area contributed by atoms with Crippen molar-refractivity contribution < 1.29 is 45.4 Å². The number of aromatic nitrogens is 4. The van der Waals surface area contributed by atoms with Gasteiger partial charge in [-0.2, -0.15) is 36.9 Å². The van der Waals surface area contributed by atoms with Crippen LogP contribution in [0.2, 0.25) is 0 Å². The molecule has 1 atom stereocenters. The molecular weight excluding hydrogens is 1700 g/mol. The first-order valence-electron chi connectivity index (χ1n) is 43.1. The zero-order valence-electron chi connectivity index (χ0n) is 73.8. The molecule has 6 aliphatic rings. The molecule has 0 saturated carbocycles. The third-order valence-electron chi connectivity index (χ3n) is 25.6. The summed E-state index contributed by atoms with van der Waals surface area (Å²) in [6.45, 7) is 21.0. The van der Waals surface area contributed by atoms with E-state index in [-0.39, 0.29) is 21.0 Å². The van der Waals surface area contributed by atoms with Gasteiger partial charge in [0.2, 0.25) is 0 Å². The molecule has 4 aliphatic heterocycles. The van der Waals surface area contributed by atoms with Crippen LogP contribution in [0.4, 0.5) is 37.7 Å². The summed E-state index contributed by atoms with van der Waals surface area (Å²) in [6.07, 6.45) is 12.0. The van der Waals surface area contributed by atoms with Gasteiger partial charge in [0, 0.05) is 103 Å². The van der Waals surface area contributed by atoms with Gasteiger partial charge in [-0.3, -0.25) is 4.79 Å². The number of nitrogens with zero attached hydrogens (tertiary/aromatic N) is 5. The average Bonchev–Trinajstić information content (AvgIpc) is 1.50. The molecule has 8 bridgehead atoms. The van der Waals surface area contributed by atoms with Crippen molar-refractivity contribution in [2.75, 3.05) is 17.3 Å². The number of carbonyl (C=O) groups is 2. The number of amides is 1. The number of methoxy groups -OCH3 is 1. The van der Waals surface area contributed by atoms with E-state index < -0.39 is 69.0 Å². The fraction of sp³-hybridized carbons (Fsp3) is 0.161. The maximum atomic E-state index is 16.6. The van der Waals surface area contributed by atoms with Crippen LogP contribution in [0.25, 0.3) is 140 Å². The Hall–Kier alpha value is -15.1. The van der Waals surface area contributed by atoms with Gasteiger partial charge in [-0.05, 0) is 316 Å². The fourth-order valence-corrected chi connectivity index (χ4v) is 22.2. The van der Waals surface area contributed by atoms with Crippen molar-refractivity contribution in [2.24, 2.45) is 0 Å². The maximum absolute atomic E-state index is 16.6. The summed E-state index contributed by atoms with van der Waals surface area (Å²) in [5.41, 5.74) is 21.0. The number of fused-ring (bicyclic) bond motifs is 17. The number of thiophene rings is 2. The van der Waals surface area contributed by atoms with Crippen molar-refractivity contribution in [3.8, 4) is 106 Å². The van der Waals surface area contributed by atoms with Crippen molar-refractivity contribution in [3.05, 3.63) is 352 Å². The third kappa shape index (κ3) is 13.8. The molecule has 20 heteroatoms. The van der Waals surface area contributed by atoms with E-state index in [4.69, 9.17) is 19.4 Å². The number of nitriles is 2. The van der Waals surface area contributed by atoms with E-state index in [0.29, 0.717) is 105 Å². The van der Waals surface area contributed by atoms with Crippen molar-refractivity contribution in [2.45, 2.75) is 111 Å². The smallest absolute Gasteiger partial charge is 0.380 e. The second kappa shape index (κ2) is 31.6. The molecule has 9 heterocycles. The molecule has 0 fully saturated rings. The van der Waals surface area contributed by atoms with E-state index >= 15 is 31.1 Å². The van der Waals surface area contributed by atoms with Crippen LogP contribution in [-0.4, -0.2) is 68.3 Å². The highest BCUT2D eigenvalue weighted by Gasteiger charge is 2.80. The summed E-state index contributed by atoms with van der Waals surface area (Å²) in [7, 11) is 1.48. The molecule has 12 nitrogen and oxygen atoms in total. The lowest BCUT2D eigenvalue weighted by Gasteiger charge is -2.39. The lowest BCUT2D eigenvalue weighted by atomic mass is 9.68. The molecule has 0 radical (unpaired) electrons. The summed E-state index contributed by atoms with van der Waals surface area (Å²) < 4.78 is 109. The number of rotatable bonds is 12. The summed E-state index contributed by atoms with van der Waals surface area (Å²) in [5, 5.41) is 25.7. The predicted octanol–water partition coefficient (Wildman–Crippen LogP) is 28.2. The fourth-order valence-electron chi connectivity index (χ4n) is 20.2. The van der Waals surface area contributed by atoms with Gasteiger partial charge in [-0.25, -0.2) is 14.8 Å². The Bertz CT molecular complexity index is 7750. The quantitative estimate of drug-likeness (QED) is 0.0611. The molecule has 5 aromatic heterocycles. The van der Waals surface area contributed by atoms with Gasteiger partial charge in [0.25, 0.3) is 5.91 Å². The average molecular weight is 1780 g/mol. The topological polar surface area (TPSA) is 173 Å². The number of carbonyl (C=O) groups excluding carboxylic acids is 2. The summed E-state index contributed by atoms with van der Waals surface area (Å²) in [4.78, 5) is 51.3. The molecule has 132 heavy (non-hydrogen) atoms. The van der Waals surface area contributed by atoms with Crippen LogP contribution in [0.1, 0.15) is 146 Å². The lowest BCUT2D eigenvalue weighted by molar-refractivity contribution is -0.254. The first kappa shape index (κ1) is 85.0. The van der Waals surface area contributed by atoms with Gasteiger partial charge in [0.15, 0.2) is 0 Å². The molecule has 648 valence electrons. The van der Waals surface area contributed by atoms with Gasteiger partial charge in [-0.1, -0.05) is 132 Å². The van der Waals surface area contributed by atoms with Crippen LogP contribution in [0.15, 0.2) is 236 Å². The van der Waals surface area contributed by atoms with Crippen LogP contribution >= 0.6 is 22.7 Å². The number of alkyl halides is 6. The highest BCUT2D eigenvalue weighted by Crippen LogP contribution is 2.67. The number of anilines is 2. The van der Waals surface area contributed by atoms with Crippen LogP contribution in [0.5, 0.6) is 5.75 Å². The van der Waals surface area contributed by atoms with E-state index in [1.165, 1.54) is 33.1 Å². The Balaban J connectivity index is 0.754. The van der Waals surface area contributed by atoms with E-state index in [2.05, 4.69) is 129 Å². The standard InChI is InChI=1S/C112H82F6N8O4S2/c1-59-47-61(3)98(62(4)48-59)102-89-41-37-85(122-89)100(71-27-29-72(30-28-71)107(128)130-108(9,10)11)86-38-42-90(123-86)103(99-63(5)49-60(2)50-64(99)6)92-44-40-88(125-92)101(87-39-43-91(102)124-87)75-51-68(52-76(54-75)121-106(127)74-33-45-93-73(53-74)34-46-97-109(84(57-119)94(58-120)126(93)97)82-19-15-13-17-78(82)79-18-14-16-20-83(79)109)22-21-67-23-25-69(26-24-67)95-55-80(65(7)131-95)104-105(111(115,116)112(117,118)110(104,113)114)81-56-96(132-66(81)8)70-31-35-77(129-12)36-32-70/h13-20,23-56,97,122,125H,1-12H3,(H,121,127). The number of hydrogen-bond acceptors (Lipinski definition) is 11. The van der Waals surface area contributed by atoms with E-state index in [0.717, 1.165) is 128 Å². The highest BCUT2D eigenvalue weighted by atomic mass is 32.1. The number of allylic oxidation sites excluding steroid dienone is 3. The normalized spacial score (nSPS) is 15.5. The monoisotopic (exact) mass is 1780 g/mol. The number of halogens is 6. The molecular formula is C112H82F6N8O4S2. The molecule has 20 rings (SSSR count). The molecule has 9 aromatic carbocycles. The van der Waals surface area contributed by atoms with Crippen LogP contribution in [0.3, 0.4) is 0 Å². The SMILES string of the molecule is COc1ccc(-c2cc(C3=C(c4cc(-c5ccc(C#Cc6cc(NC(=O)c7ccc8c(c7)C=CC7N8C(C#N)=C(C#N)C78c7ccccc7-c7ccccc78)cc(-c7c8nc(c(-c9c(C)cc(C)cc9C)c9ccc([nH]9)c(-c9ccc(C(=O)OC(C)(C)C)cc9)c9nc(c(-c%10c(C)cc(C)cc%10C)c%10ccc7[nH]%10)C=C9)C=C8)c6)cc5)sc4C)C(F)(F)C(F)(F)C3(F)F)c(C)s2)cc1. The largest absolute Gasteiger partial charge is 0.497 e. The number of aryl methyl sites for hydroxylation is 8. The van der Waals surface area contributed by atoms with Crippen molar-refractivity contribution in [3.63, 3.8) is 0 Å². The Morgan fingerprint density at radius 2 is 0.939 bits per heavy atom. The Morgan fingerprint density at radius 1 is 0.477 bits per heavy atom. The van der Waals surface area contributed by atoms with Gasteiger partial charge in [-0.15, -0.1) is 22.7 Å². The zero-order valence-corrected chi connectivity index (χ0v) is 75.4. The molecule has 0 saturated heterocycles. The maximum Gasteiger partial charge on any atom is 0.380 e. The second-order valence-corrected chi connectivity index (χ2v) is 37.9. The second-order valence-electron chi connectivity index (χ2n) is 35.4. The summed E-state index contributed by atoms with van der Waals surface area (Å²) >= 11 is 2.04. The number of H-pyrrole nitrogens is 2. The Labute approximate surface area is 766 Å². The van der Waals surface area contributed by atoms with Gasteiger partial charge in [0.05, 0.1) is 58.5 Å². The predicted molar refractivity (Wildman–Crippen MR) is 518 cm³/mol. The number of esters is 1. The summed E-state index contributed by atoms with van der Waals surface area (Å²) in [5.74, 6) is -10.00. The number of ether oxygens (including phenoxy) is 2. The van der Waals surface area contributed by atoms with E-state index in [9.17, 15) is 15.3 Å². The number of benzene rings is 9. The lowest BCUT2D eigenvalue weighted by Crippen LogP contribution is -2.48.